The Morgan fingerprint density at radius 3 is 2.75 bits per heavy atom. The molecule has 0 radical (unpaired) electrons. The van der Waals surface area contributed by atoms with Gasteiger partial charge in [0.1, 0.15) is 18.7 Å². The molecule has 8 nitrogen and oxygen atoms in total. The number of hydrogen-bond acceptors (Lipinski definition) is 5. The van der Waals surface area contributed by atoms with Gasteiger partial charge in [0.15, 0.2) is 23.9 Å². The van der Waals surface area contributed by atoms with E-state index in [0.29, 0.717) is 31.9 Å². The number of pyridine rings is 1. The number of morpholine rings is 1. The number of aromatic nitrogens is 1. The highest BCUT2D eigenvalue weighted by molar-refractivity contribution is 6.15. The number of fused-ring (bicyclic) bond motifs is 1. The number of benzene rings is 1. The van der Waals surface area contributed by atoms with Gasteiger partial charge in [-0.2, -0.15) is 0 Å². The smallest absolute Gasteiger partial charge is 0.290 e. The maximum atomic E-state index is 13.5. The summed E-state index contributed by atoms with van der Waals surface area (Å²) in [6.45, 7) is 4.25. The number of furan rings is 1. The molecule has 8 heteroatoms. The summed E-state index contributed by atoms with van der Waals surface area (Å²) in [5.41, 5.74) is 1.35. The number of aromatic amines is 1. The third-order valence-corrected chi connectivity index (χ3v) is 6.15. The number of Topliss-reactive ketones (excluding diaryl/α,β-unsaturated/α-hetero) is 1. The van der Waals surface area contributed by atoms with E-state index in [4.69, 9.17) is 9.15 Å². The van der Waals surface area contributed by atoms with Crippen molar-refractivity contribution >= 4 is 22.7 Å². The standard InChI is InChI=1S/C24H23N3O5/c28-22(19-14-16-4-1-2-6-18(16)32-19)20-21(17-5-3-7-25-15-17)27(24(30)23(20)29)9-8-26-10-12-31-13-11-26/h1-7,14-15,21,29H,8-13H2/p+2. The fourth-order valence-corrected chi connectivity index (χ4v) is 4.46. The molecular formula is C24H25N3O5+2. The number of carbonyl (C=O) groups is 2. The minimum absolute atomic E-state index is 0.0469. The van der Waals surface area contributed by atoms with E-state index in [2.05, 4.69) is 4.98 Å². The van der Waals surface area contributed by atoms with Crippen LogP contribution in [0.4, 0.5) is 0 Å². The maximum Gasteiger partial charge on any atom is 0.290 e. The Bertz CT molecular complexity index is 1150. The number of quaternary nitrogens is 1. The second-order valence-electron chi connectivity index (χ2n) is 8.09. The number of aliphatic hydroxyl groups excluding tert-OH is 1. The largest absolute Gasteiger partial charge is 0.503 e. The fourth-order valence-electron chi connectivity index (χ4n) is 4.46. The van der Waals surface area contributed by atoms with Crippen LogP contribution in [0.15, 0.2) is 70.6 Å². The van der Waals surface area contributed by atoms with E-state index in [1.54, 1.807) is 29.4 Å². The van der Waals surface area contributed by atoms with Crippen LogP contribution in [0.5, 0.6) is 0 Å². The second-order valence-corrected chi connectivity index (χ2v) is 8.09. The maximum absolute atomic E-state index is 13.5. The second kappa shape index (κ2) is 8.57. The third kappa shape index (κ3) is 3.68. The first-order chi connectivity index (χ1) is 15.6. The lowest BCUT2D eigenvalue weighted by Gasteiger charge is -2.29. The number of amides is 1. The van der Waals surface area contributed by atoms with E-state index in [0.717, 1.165) is 24.0 Å². The molecule has 1 amide bonds. The Balaban J connectivity index is 1.49. The molecule has 0 saturated carbocycles. The normalized spacial score (nSPS) is 19.8. The number of para-hydroxylation sites is 1. The number of carbonyl (C=O) groups excluding carboxylic acids is 2. The first kappa shape index (κ1) is 20.4. The first-order valence-electron chi connectivity index (χ1n) is 10.8. The number of nitrogens with one attached hydrogen (secondary N) is 2. The van der Waals surface area contributed by atoms with Crippen molar-refractivity contribution in [3.05, 3.63) is 77.5 Å². The van der Waals surface area contributed by atoms with E-state index in [-0.39, 0.29) is 11.3 Å². The van der Waals surface area contributed by atoms with Gasteiger partial charge < -0.3 is 24.1 Å². The Morgan fingerprint density at radius 1 is 1.19 bits per heavy atom. The van der Waals surface area contributed by atoms with E-state index >= 15 is 0 Å². The number of ether oxygens (including phenoxy) is 1. The summed E-state index contributed by atoms with van der Waals surface area (Å²) in [6, 6.07) is 11.9. The number of rotatable bonds is 6. The molecule has 2 aliphatic heterocycles. The molecule has 1 fully saturated rings. The van der Waals surface area contributed by atoms with Crippen molar-refractivity contribution in [3.8, 4) is 0 Å². The summed E-state index contributed by atoms with van der Waals surface area (Å²) in [4.78, 5) is 32.5. The highest BCUT2D eigenvalue weighted by atomic mass is 16.5. The van der Waals surface area contributed by atoms with Gasteiger partial charge in [-0.15, -0.1) is 0 Å². The molecule has 4 heterocycles. The van der Waals surface area contributed by atoms with Crippen LogP contribution in [-0.4, -0.2) is 61.1 Å². The number of ketones is 1. The minimum Gasteiger partial charge on any atom is -0.503 e. The van der Waals surface area contributed by atoms with Crippen LogP contribution in [0.2, 0.25) is 0 Å². The van der Waals surface area contributed by atoms with Crippen LogP contribution in [0.3, 0.4) is 0 Å². The summed E-state index contributed by atoms with van der Waals surface area (Å²) < 4.78 is 11.2. The van der Waals surface area contributed by atoms with Crippen molar-refractivity contribution in [2.75, 3.05) is 39.4 Å². The Morgan fingerprint density at radius 2 is 2.00 bits per heavy atom. The Hall–Kier alpha value is -3.49. The highest BCUT2D eigenvalue weighted by Crippen LogP contribution is 2.38. The topological polar surface area (TPSA) is 98.6 Å². The van der Waals surface area contributed by atoms with Crippen molar-refractivity contribution < 1.29 is 33.7 Å². The van der Waals surface area contributed by atoms with Gasteiger partial charge in [-0.1, -0.05) is 18.2 Å². The molecule has 0 aliphatic carbocycles. The van der Waals surface area contributed by atoms with E-state index in [9.17, 15) is 14.7 Å². The van der Waals surface area contributed by atoms with Gasteiger partial charge in [-0.3, -0.25) is 9.59 Å². The fraction of sp³-hybridized carbons (Fsp3) is 0.292. The predicted octanol–water partition coefficient (Wildman–Crippen LogP) is 0.740. The van der Waals surface area contributed by atoms with E-state index < -0.39 is 23.5 Å². The van der Waals surface area contributed by atoms with E-state index in [1.807, 2.05) is 30.3 Å². The number of H-pyrrole nitrogens is 1. The molecule has 3 aromatic rings. The summed E-state index contributed by atoms with van der Waals surface area (Å²) >= 11 is 0. The van der Waals surface area contributed by atoms with Crippen LogP contribution in [0, 0.1) is 0 Å². The third-order valence-electron chi connectivity index (χ3n) is 6.15. The van der Waals surface area contributed by atoms with Gasteiger partial charge in [-0.05, 0) is 18.2 Å². The predicted molar refractivity (Wildman–Crippen MR) is 114 cm³/mol. The van der Waals surface area contributed by atoms with Crippen molar-refractivity contribution in [1.82, 2.24) is 4.90 Å². The van der Waals surface area contributed by atoms with Crippen molar-refractivity contribution in [3.63, 3.8) is 0 Å². The van der Waals surface area contributed by atoms with Crippen molar-refractivity contribution in [2.24, 2.45) is 0 Å². The number of nitrogens with zero attached hydrogens (tertiary/aromatic N) is 1. The van der Waals surface area contributed by atoms with Crippen LogP contribution < -0.4 is 9.88 Å². The zero-order chi connectivity index (χ0) is 22.1. The summed E-state index contributed by atoms with van der Waals surface area (Å²) in [7, 11) is 0. The van der Waals surface area contributed by atoms with Gasteiger partial charge in [-0.25, -0.2) is 4.98 Å². The summed E-state index contributed by atoms with van der Waals surface area (Å²) in [5.74, 6) is -1.43. The molecular weight excluding hydrogens is 410 g/mol. The zero-order valence-corrected chi connectivity index (χ0v) is 17.5. The molecule has 0 spiro atoms. The average Bonchev–Trinajstić information content (AvgIpc) is 3.38. The van der Waals surface area contributed by atoms with Crippen LogP contribution in [0.25, 0.3) is 11.0 Å². The summed E-state index contributed by atoms with van der Waals surface area (Å²) in [5, 5.41) is 11.6. The van der Waals surface area contributed by atoms with Crippen molar-refractivity contribution in [1.29, 1.82) is 0 Å². The zero-order valence-electron chi connectivity index (χ0n) is 17.5. The van der Waals surface area contributed by atoms with Gasteiger partial charge in [0, 0.05) is 17.0 Å². The van der Waals surface area contributed by atoms with Crippen molar-refractivity contribution in [2.45, 2.75) is 6.04 Å². The Kier molecular flexibility index (Phi) is 5.46. The molecule has 1 saturated heterocycles. The SMILES string of the molecule is O=C(C1=C(O)C(=O)N(CC[NH+]2CCOCC2)C1c1ccc[nH+]c1)c1cc2ccccc2o1. The lowest BCUT2D eigenvalue weighted by Crippen LogP contribution is -3.14. The number of hydrogen-bond donors (Lipinski definition) is 2. The molecule has 164 valence electrons. The lowest BCUT2D eigenvalue weighted by atomic mass is 9.96. The lowest BCUT2D eigenvalue weighted by molar-refractivity contribution is -0.907. The molecule has 2 aliphatic rings. The molecule has 1 aromatic carbocycles. The van der Waals surface area contributed by atoms with E-state index in [1.165, 1.54) is 4.90 Å². The molecule has 1 atom stereocenters. The molecule has 0 bridgehead atoms. The quantitative estimate of drug-likeness (QED) is 0.557. The average molecular weight is 435 g/mol. The molecule has 32 heavy (non-hydrogen) atoms. The van der Waals surface area contributed by atoms with Gasteiger partial charge in [0.05, 0.1) is 37.9 Å². The first-order valence-corrected chi connectivity index (χ1v) is 10.8. The van der Waals surface area contributed by atoms with Crippen LogP contribution >= 0.6 is 0 Å². The minimum atomic E-state index is -0.693. The molecule has 1 unspecified atom stereocenters. The molecule has 2 aromatic heterocycles. The molecule has 3 N–H and O–H groups in total. The van der Waals surface area contributed by atoms with Crippen LogP contribution in [0.1, 0.15) is 22.2 Å². The monoisotopic (exact) mass is 435 g/mol. The number of aliphatic hydroxyl groups is 1. The summed E-state index contributed by atoms with van der Waals surface area (Å²) in [6.07, 6.45) is 3.50. The molecule has 5 rings (SSSR count). The Labute approximate surface area is 184 Å². The van der Waals surface area contributed by atoms with Crippen LogP contribution in [-0.2, 0) is 9.53 Å². The highest BCUT2D eigenvalue weighted by Gasteiger charge is 2.45. The van der Waals surface area contributed by atoms with Gasteiger partial charge >= 0.3 is 0 Å². The van der Waals surface area contributed by atoms with Gasteiger partial charge in [0.2, 0.25) is 5.78 Å². The van der Waals surface area contributed by atoms with Gasteiger partial charge in [0.25, 0.3) is 5.91 Å².